The normalized spacial score (nSPS) is 10.8. The van der Waals surface area contributed by atoms with Gasteiger partial charge in [-0.05, 0) is 48.5 Å². The maximum atomic E-state index is 12.4. The van der Waals surface area contributed by atoms with Gasteiger partial charge in [0.05, 0.1) is 12.5 Å². The lowest BCUT2D eigenvalue weighted by Gasteiger charge is -2.01. The molecular formula is C18H11BrN2O3S. The molecule has 25 heavy (non-hydrogen) atoms. The molecule has 124 valence electrons. The second-order valence-corrected chi connectivity index (χ2v) is 7.03. The zero-order chi connectivity index (χ0) is 17.2. The van der Waals surface area contributed by atoms with E-state index in [1.165, 1.54) is 11.3 Å². The Morgan fingerprint density at radius 2 is 1.68 bits per heavy atom. The Labute approximate surface area is 155 Å². The molecule has 3 heterocycles. The number of aromatic nitrogens is 1. The van der Waals surface area contributed by atoms with Gasteiger partial charge in [0.2, 0.25) is 0 Å². The summed E-state index contributed by atoms with van der Waals surface area (Å²) in [7, 11) is 0. The molecule has 0 aliphatic carbocycles. The number of amides is 1. The van der Waals surface area contributed by atoms with Crippen LogP contribution in [0, 0.1) is 0 Å². The van der Waals surface area contributed by atoms with Crippen LogP contribution in [0.4, 0.5) is 5.13 Å². The quantitative estimate of drug-likeness (QED) is 0.466. The van der Waals surface area contributed by atoms with Gasteiger partial charge in [-0.2, -0.15) is 0 Å². The van der Waals surface area contributed by atoms with Crippen molar-refractivity contribution in [2.24, 2.45) is 0 Å². The van der Waals surface area contributed by atoms with Crippen LogP contribution in [0.25, 0.3) is 22.1 Å². The molecule has 0 aliphatic rings. The monoisotopic (exact) mass is 414 g/mol. The molecule has 0 saturated carbocycles. The molecule has 0 unspecified atom stereocenters. The minimum absolute atomic E-state index is 0.224. The number of furan rings is 2. The molecule has 0 saturated heterocycles. The fourth-order valence-corrected chi connectivity index (χ4v) is 3.50. The number of thiazole rings is 1. The highest BCUT2D eigenvalue weighted by Crippen LogP contribution is 2.39. The predicted octanol–water partition coefficient (Wildman–Crippen LogP) is 5.68. The van der Waals surface area contributed by atoms with Crippen molar-refractivity contribution in [3.8, 4) is 22.1 Å². The number of hydrogen-bond donors (Lipinski definition) is 1. The van der Waals surface area contributed by atoms with Crippen molar-refractivity contribution in [3.63, 3.8) is 0 Å². The van der Waals surface area contributed by atoms with Crippen molar-refractivity contribution in [1.29, 1.82) is 0 Å². The van der Waals surface area contributed by atoms with Gasteiger partial charge < -0.3 is 8.83 Å². The Balaban J connectivity index is 1.68. The average molecular weight is 415 g/mol. The molecule has 0 radical (unpaired) electrons. The summed E-state index contributed by atoms with van der Waals surface area (Å²) in [5.74, 6) is 1.07. The van der Waals surface area contributed by atoms with Gasteiger partial charge in [0.15, 0.2) is 10.9 Å². The Kier molecular flexibility index (Phi) is 4.25. The van der Waals surface area contributed by atoms with Crippen LogP contribution in [0.15, 0.2) is 74.4 Å². The van der Waals surface area contributed by atoms with Gasteiger partial charge in [-0.1, -0.05) is 27.3 Å². The van der Waals surface area contributed by atoms with E-state index in [2.05, 4.69) is 26.2 Å². The van der Waals surface area contributed by atoms with Crippen LogP contribution in [-0.2, 0) is 0 Å². The maximum Gasteiger partial charge on any atom is 0.257 e. The van der Waals surface area contributed by atoms with Gasteiger partial charge in [0.25, 0.3) is 5.91 Å². The number of nitrogens with zero attached hydrogens (tertiary/aromatic N) is 1. The molecule has 3 aromatic heterocycles. The van der Waals surface area contributed by atoms with E-state index in [9.17, 15) is 4.79 Å². The first-order valence-corrected chi connectivity index (χ1v) is 8.97. The molecule has 5 nitrogen and oxygen atoms in total. The van der Waals surface area contributed by atoms with Crippen molar-refractivity contribution in [2.45, 2.75) is 0 Å². The molecule has 0 spiro atoms. The Hall–Kier alpha value is -2.64. The summed E-state index contributed by atoms with van der Waals surface area (Å²) >= 11 is 4.69. The van der Waals surface area contributed by atoms with Crippen molar-refractivity contribution in [1.82, 2.24) is 4.98 Å². The number of hydrogen-bond acceptors (Lipinski definition) is 5. The van der Waals surface area contributed by atoms with Gasteiger partial charge >= 0.3 is 0 Å². The van der Waals surface area contributed by atoms with Gasteiger partial charge in [-0.3, -0.25) is 10.1 Å². The third-order valence-corrected chi connectivity index (χ3v) is 4.97. The minimum atomic E-state index is -0.224. The Morgan fingerprint density at radius 1 is 1.00 bits per heavy atom. The molecule has 0 fully saturated rings. The third kappa shape index (κ3) is 3.29. The SMILES string of the molecule is O=C(Nc1nc(-c2ccco2)c(-c2ccco2)s1)c1ccc(Br)cc1. The molecule has 7 heteroatoms. The number of carbonyl (C=O) groups is 1. The Morgan fingerprint density at radius 3 is 2.32 bits per heavy atom. The predicted molar refractivity (Wildman–Crippen MR) is 99.6 cm³/mol. The highest BCUT2D eigenvalue weighted by atomic mass is 79.9. The molecule has 1 N–H and O–H groups in total. The summed E-state index contributed by atoms with van der Waals surface area (Å²) in [4.78, 5) is 17.7. The second kappa shape index (κ2) is 6.70. The van der Waals surface area contributed by atoms with Gasteiger partial charge in [0, 0.05) is 10.0 Å². The van der Waals surface area contributed by atoms with E-state index >= 15 is 0 Å². The van der Waals surface area contributed by atoms with Gasteiger partial charge in [0.1, 0.15) is 16.3 Å². The topological polar surface area (TPSA) is 68.3 Å². The number of carbonyl (C=O) groups excluding carboxylic acids is 1. The van der Waals surface area contributed by atoms with Crippen molar-refractivity contribution in [3.05, 3.63) is 71.1 Å². The fourth-order valence-electron chi connectivity index (χ4n) is 2.30. The highest BCUT2D eigenvalue weighted by Gasteiger charge is 2.20. The third-order valence-electron chi connectivity index (χ3n) is 3.45. The second-order valence-electron chi connectivity index (χ2n) is 5.11. The molecule has 0 aliphatic heterocycles. The molecule has 4 rings (SSSR count). The summed E-state index contributed by atoms with van der Waals surface area (Å²) in [6, 6.07) is 14.4. The minimum Gasteiger partial charge on any atom is -0.463 e. The number of benzene rings is 1. The number of halogens is 1. The van der Waals surface area contributed by atoms with Crippen LogP contribution in [0.5, 0.6) is 0 Å². The van der Waals surface area contributed by atoms with Crippen LogP contribution < -0.4 is 5.32 Å². The zero-order valence-corrected chi connectivity index (χ0v) is 15.1. The number of rotatable bonds is 4. The maximum absolute atomic E-state index is 12.4. The average Bonchev–Trinajstić information content (AvgIpc) is 3.36. The van der Waals surface area contributed by atoms with Crippen molar-refractivity contribution >= 4 is 38.3 Å². The summed E-state index contributed by atoms with van der Waals surface area (Å²) < 4.78 is 11.9. The number of anilines is 1. The molecule has 4 aromatic rings. The molecule has 1 aromatic carbocycles. The van der Waals surface area contributed by atoms with Gasteiger partial charge in [-0.25, -0.2) is 4.98 Å². The summed E-state index contributed by atoms with van der Waals surface area (Å²) in [6.45, 7) is 0. The van der Waals surface area contributed by atoms with Crippen molar-refractivity contribution in [2.75, 3.05) is 5.32 Å². The van der Waals surface area contributed by atoms with Crippen LogP contribution in [0.1, 0.15) is 10.4 Å². The van der Waals surface area contributed by atoms with Crippen LogP contribution in [-0.4, -0.2) is 10.9 Å². The molecule has 0 bridgehead atoms. The largest absolute Gasteiger partial charge is 0.463 e. The Bertz CT molecular complexity index is 938. The summed E-state index contributed by atoms with van der Waals surface area (Å²) in [5.41, 5.74) is 1.19. The van der Waals surface area contributed by atoms with Crippen LogP contribution >= 0.6 is 27.3 Å². The molecule has 0 atom stereocenters. The first-order valence-electron chi connectivity index (χ1n) is 7.36. The first-order chi connectivity index (χ1) is 12.2. The van der Waals surface area contributed by atoms with E-state index in [1.807, 2.05) is 24.3 Å². The lowest BCUT2D eigenvalue weighted by molar-refractivity contribution is 0.102. The van der Waals surface area contributed by atoms with Crippen LogP contribution in [0.3, 0.4) is 0 Å². The standard InChI is InChI=1S/C18H11BrN2O3S/c19-12-7-5-11(6-8-12)17(22)21-18-20-15(13-3-1-9-23-13)16(25-18)14-4-2-10-24-14/h1-10H,(H,20,21,22). The molecular weight excluding hydrogens is 404 g/mol. The lowest BCUT2D eigenvalue weighted by atomic mass is 10.2. The highest BCUT2D eigenvalue weighted by molar-refractivity contribution is 9.10. The summed E-state index contributed by atoms with van der Waals surface area (Å²) in [5, 5.41) is 3.31. The van der Waals surface area contributed by atoms with Crippen LogP contribution in [0.2, 0.25) is 0 Å². The molecule has 1 amide bonds. The van der Waals surface area contributed by atoms with E-state index in [0.717, 1.165) is 9.35 Å². The van der Waals surface area contributed by atoms with E-state index < -0.39 is 0 Å². The van der Waals surface area contributed by atoms with E-state index in [1.54, 1.807) is 36.8 Å². The smallest absolute Gasteiger partial charge is 0.257 e. The van der Waals surface area contributed by atoms with E-state index in [4.69, 9.17) is 8.83 Å². The number of nitrogens with one attached hydrogen (secondary N) is 1. The summed E-state index contributed by atoms with van der Waals surface area (Å²) in [6.07, 6.45) is 3.18. The first kappa shape index (κ1) is 15.9. The van der Waals surface area contributed by atoms with Gasteiger partial charge in [-0.15, -0.1) is 0 Å². The van der Waals surface area contributed by atoms with E-state index in [-0.39, 0.29) is 5.91 Å². The zero-order valence-electron chi connectivity index (χ0n) is 12.7. The fraction of sp³-hybridized carbons (Fsp3) is 0. The van der Waals surface area contributed by atoms with E-state index in [0.29, 0.717) is 27.9 Å². The van der Waals surface area contributed by atoms with Crippen molar-refractivity contribution < 1.29 is 13.6 Å². The lowest BCUT2D eigenvalue weighted by Crippen LogP contribution is -2.11.